The van der Waals surface area contributed by atoms with Crippen LogP contribution in [0.1, 0.15) is 32.4 Å². The Bertz CT molecular complexity index is 1620. The molecule has 2 aromatic heterocycles. The van der Waals surface area contributed by atoms with Gasteiger partial charge in [0, 0.05) is 85.0 Å². The van der Waals surface area contributed by atoms with E-state index in [1.54, 1.807) is 28.0 Å². The zero-order valence-corrected chi connectivity index (χ0v) is 25.6. The molecule has 42 heavy (non-hydrogen) atoms. The molecule has 1 atom stereocenters. The number of thiazole rings is 1. The third-order valence-electron chi connectivity index (χ3n) is 8.17. The summed E-state index contributed by atoms with van der Waals surface area (Å²) >= 11 is 7.52. The molecule has 3 aromatic rings. The molecule has 0 bridgehead atoms. The van der Waals surface area contributed by atoms with Crippen LogP contribution in [0.15, 0.2) is 23.2 Å². The van der Waals surface area contributed by atoms with Crippen LogP contribution in [0, 0.1) is 0 Å². The largest absolute Gasteiger partial charge is 0.392 e. The first-order chi connectivity index (χ1) is 20.2. The van der Waals surface area contributed by atoms with Crippen LogP contribution in [0.2, 0.25) is 5.02 Å². The first-order valence-electron chi connectivity index (χ1n) is 13.9. The molecule has 2 N–H and O–H groups in total. The monoisotopic (exact) mass is 636 g/mol. The maximum Gasteiger partial charge on any atom is 0.283 e. The number of sulfonamides is 1. The lowest BCUT2D eigenvalue weighted by Crippen LogP contribution is -2.58. The first-order valence-corrected chi connectivity index (χ1v) is 16.5. The van der Waals surface area contributed by atoms with Gasteiger partial charge in [0.15, 0.2) is 10.0 Å². The van der Waals surface area contributed by atoms with E-state index in [2.05, 4.69) is 14.9 Å². The van der Waals surface area contributed by atoms with Crippen molar-refractivity contribution in [2.24, 2.45) is 0 Å². The van der Waals surface area contributed by atoms with Crippen LogP contribution in [0.25, 0.3) is 10.9 Å². The van der Waals surface area contributed by atoms with Crippen LogP contribution in [0.3, 0.4) is 0 Å². The van der Waals surface area contributed by atoms with Gasteiger partial charge < -0.3 is 29.5 Å². The van der Waals surface area contributed by atoms with Crippen LogP contribution in [-0.2, 0) is 39.1 Å². The maximum absolute atomic E-state index is 14.0. The molecule has 2 saturated heterocycles. The lowest BCUT2D eigenvalue weighted by atomic mass is 10.1. The molecule has 3 aliphatic rings. The van der Waals surface area contributed by atoms with Gasteiger partial charge in [0.1, 0.15) is 0 Å². The summed E-state index contributed by atoms with van der Waals surface area (Å²) in [5.41, 5.74) is 1.69. The Kier molecular flexibility index (Phi) is 8.30. The predicted molar refractivity (Wildman–Crippen MR) is 157 cm³/mol. The van der Waals surface area contributed by atoms with Crippen LogP contribution in [0.5, 0.6) is 0 Å². The van der Waals surface area contributed by atoms with Crippen molar-refractivity contribution in [3.05, 3.63) is 44.4 Å². The highest BCUT2D eigenvalue weighted by molar-refractivity contribution is 7.89. The van der Waals surface area contributed by atoms with Gasteiger partial charge in [-0.2, -0.15) is 4.31 Å². The lowest BCUT2D eigenvalue weighted by Gasteiger charge is -2.41. The second-order valence-corrected chi connectivity index (χ2v) is 14.3. The lowest BCUT2D eigenvalue weighted by molar-refractivity contribution is -0.136. The smallest absolute Gasteiger partial charge is 0.283 e. The summed E-state index contributed by atoms with van der Waals surface area (Å²) < 4.78 is 34.6. The Morgan fingerprint density at radius 2 is 1.98 bits per heavy atom. The van der Waals surface area contributed by atoms with Gasteiger partial charge in [-0.25, -0.2) is 13.4 Å². The average molecular weight is 637 g/mol. The number of carbonyl (C=O) groups excluding carboxylic acids is 2. The fourth-order valence-electron chi connectivity index (χ4n) is 5.87. The zero-order chi connectivity index (χ0) is 29.6. The number of nitrogens with zero attached hydrogens (tertiary/aromatic N) is 5. The van der Waals surface area contributed by atoms with Crippen molar-refractivity contribution in [1.29, 1.82) is 0 Å². The number of morpholine rings is 1. The van der Waals surface area contributed by atoms with E-state index < -0.39 is 22.7 Å². The van der Waals surface area contributed by atoms with E-state index in [0.717, 1.165) is 30.1 Å². The molecule has 3 aliphatic heterocycles. The molecule has 1 aromatic carbocycles. The number of rotatable bonds is 6. The number of hydrogen-bond acceptors (Lipinski definition) is 9. The number of nitrogens with one attached hydrogen (secondary N) is 1. The highest BCUT2D eigenvalue weighted by Crippen LogP contribution is 2.32. The number of aliphatic hydroxyl groups is 1. The number of fused-ring (bicyclic) bond motifs is 2. The Morgan fingerprint density at radius 1 is 1.19 bits per heavy atom. The minimum absolute atomic E-state index is 0.0270. The number of ether oxygens (including phenoxy) is 1. The molecule has 0 aliphatic carbocycles. The van der Waals surface area contributed by atoms with Crippen molar-refractivity contribution in [2.45, 2.75) is 37.1 Å². The molecular formula is C27H33ClN6O6S2. The predicted octanol–water partition coefficient (Wildman–Crippen LogP) is 1.52. The Balaban J connectivity index is 1.30. The number of aromatic amines is 1. The number of piperazine rings is 1. The fourth-order valence-corrected chi connectivity index (χ4v) is 8.86. The summed E-state index contributed by atoms with van der Waals surface area (Å²) in [5.74, 6) is -0.443. The quantitative estimate of drug-likeness (QED) is 0.415. The standard InChI is InChI=1S/C27H33ClN6O6S2/c1-31-5-4-22-23(15-31)41-25(29-22)27(37)34-7-6-33(14-18(34)13-24(36)32-8-10-40-11-9-32)42(38,39)26-20(16-35)19-12-17(28)2-3-21(19)30-26/h2-3,12,18,30,35H,4-11,13-16H2,1H3. The highest BCUT2D eigenvalue weighted by Gasteiger charge is 2.40. The molecule has 15 heteroatoms. The Labute approximate surface area is 252 Å². The van der Waals surface area contributed by atoms with Crippen LogP contribution in [-0.4, -0.2) is 120 Å². The molecular weight excluding hydrogens is 604 g/mol. The van der Waals surface area contributed by atoms with Gasteiger partial charge in [0.05, 0.1) is 31.6 Å². The number of likely N-dealkylation sites (N-methyl/N-ethyl adjacent to an activating group) is 1. The van der Waals surface area contributed by atoms with E-state index in [4.69, 9.17) is 16.3 Å². The molecule has 0 saturated carbocycles. The van der Waals surface area contributed by atoms with Crippen LogP contribution in [0.4, 0.5) is 0 Å². The Morgan fingerprint density at radius 3 is 2.74 bits per heavy atom. The summed E-state index contributed by atoms with van der Waals surface area (Å²) in [6, 6.07) is 4.23. The van der Waals surface area contributed by atoms with Gasteiger partial charge >= 0.3 is 0 Å². The molecule has 2 fully saturated rings. The average Bonchev–Trinajstić information content (AvgIpc) is 3.58. The van der Waals surface area contributed by atoms with Crippen molar-refractivity contribution >= 4 is 55.7 Å². The second-order valence-electron chi connectivity index (χ2n) is 10.9. The van der Waals surface area contributed by atoms with Gasteiger partial charge in [-0.1, -0.05) is 11.6 Å². The third kappa shape index (κ3) is 5.56. The van der Waals surface area contributed by atoms with Crippen LogP contribution < -0.4 is 0 Å². The van der Waals surface area contributed by atoms with E-state index in [-0.39, 0.29) is 48.5 Å². The van der Waals surface area contributed by atoms with Gasteiger partial charge in [0.2, 0.25) is 5.91 Å². The minimum Gasteiger partial charge on any atom is -0.392 e. The summed E-state index contributed by atoms with van der Waals surface area (Å²) in [7, 11) is -2.09. The maximum atomic E-state index is 14.0. The van der Waals surface area contributed by atoms with Crippen molar-refractivity contribution in [2.75, 3.05) is 59.5 Å². The second kappa shape index (κ2) is 11.8. The number of halogens is 1. The normalized spacial score (nSPS) is 20.7. The van der Waals surface area contributed by atoms with Crippen molar-refractivity contribution in [3.63, 3.8) is 0 Å². The fraction of sp³-hybridized carbons (Fsp3) is 0.519. The molecule has 2 amide bonds. The Hall–Kier alpha value is -2.59. The van der Waals surface area contributed by atoms with E-state index in [9.17, 15) is 23.1 Å². The summed E-state index contributed by atoms with van der Waals surface area (Å²) in [6.45, 7) is 2.93. The van der Waals surface area contributed by atoms with E-state index >= 15 is 0 Å². The molecule has 12 nitrogen and oxygen atoms in total. The number of H-pyrrole nitrogens is 1. The molecule has 6 rings (SSSR count). The number of aromatic nitrogens is 2. The van der Waals surface area contributed by atoms with E-state index in [1.165, 1.54) is 15.6 Å². The van der Waals surface area contributed by atoms with Gasteiger partial charge in [-0.05, 0) is 25.2 Å². The number of carbonyl (C=O) groups is 2. The van der Waals surface area contributed by atoms with E-state index in [1.807, 2.05) is 7.05 Å². The van der Waals surface area contributed by atoms with Crippen molar-refractivity contribution in [3.8, 4) is 0 Å². The third-order valence-corrected chi connectivity index (χ3v) is 11.4. The summed E-state index contributed by atoms with van der Waals surface area (Å²) in [5, 5.41) is 11.3. The van der Waals surface area contributed by atoms with Gasteiger partial charge in [-0.15, -0.1) is 11.3 Å². The molecule has 226 valence electrons. The van der Waals surface area contributed by atoms with Gasteiger partial charge in [0.25, 0.3) is 15.9 Å². The zero-order valence-electron chi connectivity index (χ0n) is 23.2. The van der Waals surface area contributed by atoms with Gasteiger partial charge in [-0.3, -0.25) is 9.59 Å². The number of aliphatic hydroxyl groups excluding tert-OH is 1. The summed E-state index contributed by atoms with van der Waals surface area (Å²) in [4.78, 5) is 41.3. The molecule has 0 spiro atoms. The number of benzene rings is 1. The minimum atomic E-state index is -4.12. The summed E-state index contributed by atoms with van der Waals surface area (Å²) in [6.07, 6.45) is 0.740. The van der Waals surface area contributed by atoms with Crippen molar-refractivity contribution < 1.29 is 27.9 Å². The first kappa shape index (κ1) is 29.5. The topological polar surface area (TPSA) is 139 Å². The molecule has 5 heterocycles. The molecule has 0 radical (unpaired) electrons. The highest BCUT2D eigenvalue weighted by atomic mass is 35.5. The SMILES string of the molecule is CN1CCc2nc(C(=O)N3CCN(S(=O)(=O)c4[nH]c5ccc(Cl)cc5c4CO)CC3CC(=O)N3CCOCC3)sc2C1. The van der Waals surface area contributed by atoms with Crippen LogP contribution >= 0.6 is 22.9 Å². The molecule has 1 unspecified atom stereocenters. The van der Waals surface area contributed by atoms with E-state index in [0.29, 0.717) is 47.2 Å². The number of hydrogen-bond donors (Lipinski definition) is 2. The van der Waals surface area contributed by atoms with Crippen molar-refractivity contribution in [1.82, 2.24) is 29.0 Å². The number of amides is 2.